The lowest BCUT2D eigenvalue weighted by Gasteiger charge is -2.22. The van der Waals surface area contributed by atoms with Gasteiger partial charge in [-0.25, -0.2) is 0 Å². The van der Waals surface area contributed by atoms with Crippen LogP contribution in [-0.2, 0) is 14.2 Å². The minimum Gasteiger partial charge on any atom is -0.396 e. The Balaban J connectivity index is 2.28. The molecule has 2 unspecified atom stereocenters. The van der Waals surface area contributed by atoms with Crippen molar-refractivity contribution in [2.75, 3.05) is 26.9 Å². The van der Waals surface area contributed by atoms with E-state index < -0.39 is 5.79 Å². The zero-order chi connectivity index (χ0) is 9.73. The van der Waals surface area contributed by atoms with Crippen molar-refractivity contribution in [1.29, 1.82) is 0 Å². The molecule has 2 atom stereocenters. The zero-order valence-electron chi connectivity index (χ0n) is 8.28. The average Bonchev–Trinajstić information content (AvgIpc) is 2.46. The molecule has 78 valence electrons. The molecule has 1 rings (SSSR count). The highest BCUT2D eigenvalue weighted by Gasteiger charge is 2.36. The Morgan fingerprint density at radius 3 is 3.00 bits per heavy atom. The molecular weight excluding hydrogens is 172 g/mol. The van der Waals surface area contributed by atoms with Gasteiger partial charge in [0.05, 0.1) is 19.3 Å². The maximum Gasteiger partial charge on any atom is 0.168 e. The van der Waals surface area contributed by atoms with Gasteiger partial charge in [-0.05, 0) is 13.3 Å². The van der Waals surface area contributed by atoms with Crippen molar-refractivity contribution in [2.24, 2.45) is 0 Å². The van der Waals surface area contributed by atoms with E-state index in [1.807, 2.05) is 6.92 Å². The van der Waals surface area contributed by atoms with Crippen molar-refractivity contribution < 1.29 is 19.3 Å². The smallest absolute Gasteiger partial charge is 0.168 e. The van der Waals surface area contributed by atoms with Gasteiger partial charge in [0.15, 0.2) is 5.79 Å². The summed E-state index contributed by atoms with van der Waals surface area (Å²) >= 11 is 0. The number of aliphatic hydroxyl groups excluding tert-OH is 1. The minimum atomic E-state index is -0.518. The third-order valence-electron chi connectivity index (χ3n) is 2.20. The first kappa shape index (κ1) is 10.9. The van der Waals surface area contributed by atoms with Gasteiger partial charge in [0.25, 0.3) is 0 Å². The van der Waals surface area contributed by atoms with Gasteiger partial charge in [0.1, 0.15) is 0 Å². The molecule has 4 nitrogen and oxygen atoms in total. The third-order valence-corrected chi connectivity index (χ3v) is 2.20. The summed E-state index contributed by atoms with van der Waals surface area (Å²) in [5.74, 6) is -0.518. The second kappa shape index (κ2) is 4.91. The Bertz CT molecular complexity index is 151. The molecule has 0 spiro atoms. The van der Waals surface area contributed by atoms with Crippen LogP contribution in [0.25, 0.3) is 0 Å². The Morgan fingerprint density at radius 1 is 1.62 bits per heavy atom. The largest absolute Gasteiger partial charge is 0.396 e. The number of aliphatic hydroxyl groups is 1. The fraction of sp³-hybridized carbons (Fsp3) is 1.00. The van der Waals surface area contributed by atoms with Gasteiger partial charge in [0.2, 0.25) is 0 Å². The summed E-state index contributed by atoms with van der Waals surface area (Å²) in [6.07, 6.45) is 1.40. The highest BCUT2D eigenvalue weighted by atomic mass is 16.7. The Hall–Kier alpha value is -0.160. The molecule has 0 aromatic heterocycles. The summed E-state index contributed by atoms with van der Waals surface area (Å²) in [5.41, 5.74) is 0. The van der Waals surface area contributed by atoms with E-state index in [9.17, 15) is 0 Å². The Labute approximate surface area is 78.8 Å². The normalized spacial score (nSPS) is 33.9. The van der Waals surface area contributed by atoms with Crippen LogP contribution in [0.4, 0.5) is 0 Å². The van der Waals surface area contributed by atoms with Crippen LogP contribution in [0.3, 0.4) is 0 Å². The second-order valence-electron chi connectivity index (χ2n) is 3.44. The van der Waals surface area contributed by atoms with Crippen LogP contribution in [0.1, 0.15) is 19.8 Å². The van der Waals surface area contributed by atoms with E-state index in [1.54, 1.807) is 7.11 Å². The van der Waals surface area contributed by atoms with Crippen molar-refractivity contribution in [3.05, 3.63) is 0 Å². The molecule has 13 heavy (non-hydrogen) atoms. The molecule has 0 aliphatic carbocycles. The van der Waals surface area contributed by atoms with Gasteiger partial charge in [-0.2, -0.15) is 0 Å². The molecule has 0 radical (unpaired) electrons. The summed E-state index contributed by atoms with van der Waals surface area (Å²) < 4.78 is 16.1. The fourth-order valence-corrected chi connectivity index (χ4v) is 1.39. The SMILES string of the molecule is COCCC1(C)OCC(CCO)O1. The first-order valence-electron chi connectivity index (χ1n) is 4.62. The van der Waals surface area contributed by atoms with Gasteiger partial charge in [-0.1, -0.05) is 0 Å². The fourth-order valence-electron chi connectivity index (χ4n) is 1.39. The maximum atomic E-state index is 8.71. The summed E-state index contributed by atoms with van der Waals surface area (Å²) in [7, 11) is 1.66. The zero-order valence-corrected chi connectivity index (χ0v) is 8.28. The molecule has 4 heteroatoms. The van der Waals surface area contributed by atoms with Gasteiger partial charge in [-0.3, -0.25) is 0 Å². The number of ether oxygens (including phenoxy) is 3. The van der Waals surface area contributed by atoms with E-state index in [2.05, 4.69) is 0 Å². The maximum absolute atomic E-state index is 8.71. The second-order valence-corrected chi connectivity index (χ2v) is 3.44. The highest BCUT2D eigenvalue weighted by Crippen LogP contribution is 2.27. The molecule has 1 aliphatic heterocycles. The molecule has 0 amide bonds. The van der Waals surface area contributed by atoms with Crippen LogP contribution >= 0.6 is 0 Å². The van der Waals surface area contributed by atoms with E-state index in [0.717, 1.165) is 6.42 Å². The van der Waals surface area contributed by atoms with Gasteiger partial charge < -0.3 is 19.3 Å². The van der Waals surface area contributed by atoms with Crippen LogP contribution in [-0.4, -0.2) is 43.9 Å². The minimum absolute atomic E-state index is 0.0341. The van der Waals surface area contributed by atoms with E-state index in [-0.39, 0.29) is 12.7 Å². The van der Waals surface area contributed by atoms with Crippen molar-refractivity contribution in [1.82, 2.24) is 0 Å². The van der Waals surface area contributed by atoms with Crippen molar-refractivity contribution in [3.63, 3.8) is 0 Å². The number of methoxy groups -OCH3 is 1. The predicted octanol–water partition coefficient (Wildman–Crippen LogP) is 0.537. The topological polar surface area (TPSA) is 47.9 Å². The molecule has 1 saturated heterocycles. The van der Waals surface area contributed by atoms with Crippen LogP contribution in [0.15, 0.2) is 0 Å². The van der Waals surface area contributed by atoms with Crippen LogP contribution < -0.4 is 0 Å². The first-order valence-corrected chi connectivity index (χ1v) is 4.62. The molecule has 1 aliphatic rings. The Kier molecular flexibility index (Phi) is 4.12. The molecule has 0 aromatic carbocycles. The van der Waals surface area contributed by atoms with Crippen LogP contribution in [0.2, 0.25) is 0 Å². The standard InChI is InChI=1S/C9H18O4/c1-9(4-6-11-2)12-7-8(13-9)3-5-10/h8,10H,3-7H2,1-2H3. The lowest BCUT2D eigenvalue weighted by molar-refractivity contribution is -0.165. The first-order chi connectivity index (χ1) is 6.20. The molecule has 1 fully saturated rings. The van der Waals surface area contributed by atoms with Crippen LogP contribution in [0, 0.1) is 0 Å². The highest BCUT2D eigenvalue weighted by molar-refractivity contribution is 4.74. The predicted molar refractivity (Wildman–Crippen MR) is 47.4 cm³/mol. The Morgan fingerprint density at radius 2 is 2.38 bits per heavy atom. The molecular formula is C9H18O4. The molecule has 1 N–H and O–H groups in total. The van der Waals surface area contributed by atoms with Crippen molar-refractivity contribution >= 4 is 0 Å². The quantitative estimate of drug-likeness (QED) is 0.687. The van der Waals surface area contributed by atoms with Gasteiger partial charge >= 0.3 is 0 Å². The van der Waals surface area contributed by atoms with Gasteiger partial charge in [0, 0.05) is 20.1 Å². The van der Waals surface area contributed by atoms with E-state index in [0.29, 0.717) is 19.6 Å². The number of rotatable bonds is 5. The van der Waals surface area contributed by atoms with Gasteiger partial charge in [-0.15, -0.1) is 0 Å². The van der Waals surface area contributed by atoms with Crippen molar-refractivity contribution in [3.8, 4) is 0 Å². The average molecular weight is 190 g/mol. The lowest BCUT2D eigenvalue weighted by Crippen LogP contribution is -2.28. The van der Waals surface area contributed by atoms with Crippen molar-refractivity contribution in [2.45, 2.75) is 31.7 Å². The number of hydrogen-bond acceptors (Lipinski definition) is 4. The van der Waals surface area contributed by atoms with E-state index >= 15 is 0 Å². The lowest BCUT2D eigenvalue weighted by atomic mass is 10.2. The third kappa shape index (κ3) is 3.23. The molecule has 0 saturated carbocycles. The van der Waals surface area contributed by atoms with E-state index in [1.165, 1.54) is 0 Å². The molecule has 0 bridgehead atoms. The number of hydrogen-bond donors (Lipinski definition) is 1. The van der Waals surface area contributed by atoms with Crippen LogP contribution in [0.5, 0.6) is 0 Å². The molecule has 0 aromatic rings. The summed E-state index contributed by atoms with van der Waals surface area (Å²) in [6.45, 7) is 3.25. The summed E-state index contributed by atoms with van der Waals surface area (Å²) in [4.78, 5) is 0. The summed E-state index contributed by atoms with van der Waals surface area (Å²) in [5, 5.41) is 8.71. The summed E-state index contributed by atoms with van der Waals surface area (Å²) in [6, 6.07) is 0. The monoisotopic (exact) mass is 190 g/mol. The molecule has 1 heterocycles. The van der Waals surface area contributed by atoms with E-state index in [4.69, 9.17) is 19.3 Å².